The molecule has 0 aliphatic rings. The summed E-state index contributed by atoms with van der Waals surface area (Å²) < 4.78 is 10.4. The molecule has 1 aromatic rings. The molecule has 2 atom stereocenters. The Kier molecular flexibility index (Phi) is 6.16. The molecule has 0 aromatic heterocycles. The van der Waals surface area contributed by atoms with Crippen LogP contribution in [0.2, 0.25) is 0 Å². The van der Waals surface area contributed by atoms with E-state index < -0.39 is 0 Å². The van der Waals surface area contributed by atoms with E-state index in [2.05, 4.69) is 31.3 Å². The molecule has 1 rings (SSSR count). The van der Waals surface area contributed by atoms with Gasteiger partial charge in [-0.05, 0) is 49.6 Å². The summed E-state index contributed by atoms with van der Waals surface area (Å²) in [6.45, 7) is 5.14. The van der Waals surface area contributed by atoms with Gasteiger partial charge in [-0.15, -0.1) is 0 Å². The number of methoxy groups -OCH3 is 2. The van der Waals surface area contributed by atoms with E-state index >= 15 is 0 Å². The first-order chi connectivity index (χ1) is 8.62. The maximum Gasteiger partial charge on any atom is 0.119 e. The fourth-order valence-corrected chi connectivity index (χ4v) is 2.32. The monoisotopic (exact) mass is 251 g/mol. The van der Waals surface area contributed by atoms with Crippen LogP contribution in [0.3, 0.4) is 0 Å². The first-order valence-electron chi connectivity index (χ1n) is 6.43. The van der Waals surface area contributed by atoms with Gasteiger partial charge in [0, 0.05) is 19.8 Å². The van der Waals surface area contributed by atoms with E-state index in [9.17, 15) is 0 Å². The van der Waals surface area contributed by atoms with Gasteiger partial charge in [0.05, 0.1) is 7.11 Å². The predicted octanol–water partition coefficient (Wildman–Crippen LogP) is 2.94. The van der Waals surface area contributed by atoms with Crippen LogP contribution in [0.4, 0.5) is 0 Å². The molecule has 3 nitrogen and oxygen atoms in total. The number of rotatable bonds is 7. The summed E-state index contributed by atoms with van der Waals surface area (Å²) in [6.07, 6.45) is 1.07. The molecule has 0 radical (unpaired) electrons. The highest BCUT2D eigenvalue weighted by atomic mass is 16.5. The molecule has 0 spiro atoms. The Hall–Kier alpha value is -1.06. The Morgan fingerprint density at radius 1 is 1.28 bits per heavy atom. The highest BCUT2D eigenvalue weighted by Gasteiger charge is 2.15. The third-order valence-electron chi connectivity index (χ3n) is 3.29. The van der Waals surface area contributed by atoms with E-state index in [0.717, 1.165) is 18.8 Å². The van der Waals surface area contributed by atoms with Gasteiger partial charge in [0.1, 0.15) is 5.75 Å². The average Bonchev–Trinajstić information content (AvgIpc) is 2.36. The molecule has 1 aromatic carbocycles. The van der Waals surface area contributed by atoms with Crippen molar-refractivity contribution in [3.8, 4) is 5.75 Å². The Labute approximate surface area is 110 Å². The van der Waals surface area contributed by atoms with Crippen molar-refractivity contribution in [2.24, 2.45) is 5.92 Å². The molecule has 2 unspecified atom stereocenters. The van der Waals surface area contributed by atoms with Crippen molar-refractivity contribution in [3.63, 3.8) is 0 Å². The molecule has 3 heteroatoms. The molecule has 0 saturated carbocycles. The van der Waals surface area contributed by atoms with E-state index in [1.807, 2.05) is 13.1 Å². The van der Waals surface area contributed by atoms with Crippen molar-refractivity contribution in [1.29, 1.82) is 0 Å². The van der Waals surface area contributed by atoms with Crippen LogP contribution in [0.15, 0.2) is 18.2 Å². The van der Waals surface area contributed by atoms with Crippen molar-refractivity contribution < 1.29 is 9.47 Å². The molecular weight excluding hydrogens is 226 g/mol. The van der Waals surface area contributed by atoms with Crippen LogP contribution >= 0.6 is 0 Å². The maximum absolute atomic E-state index is 5.24. The highest BCUT2D eigenvalue weighted by molar-refractivity contribution is 5.36. The molecule has 18 heavy (non-hydrogen) atoms. The maximum atomic E-state index is 5.24. The smallest absolute Gasteiger partial charge is 0.119 e. The van der Waals surface area contributed by atoms with Crippen molar-refractivity contribution in [2.45, 2.75) is 26.3 Å². The summed E-state index contributed by atoms with van der Waals surface area (Å²) in [5.41, 5.74) is 2.60. The molecule has 0 fully saturated rings. The average molecular weight is 251 g/mol. The molecule has 0 heterocycles. The number of aryl methyl sites for hydroxylation is 1. The minimum absolute atomic E-state index is 0.362. The number of ether oxygens (including phenoxy) is 2. The first-order valence-corrected chi connectivity index (χ1v) is 6.43. The van der Waals surface area contributed by atoms with Crippen LogP contribution in [-0.2, 0) is 4.74 Å². The first kappa shape index (κ1) is 15.0. The third kappa shape index (κ3) is 4.00. The van der Waals surface area contributed by atoms with Crippen LogP contribution in [-0.4, -0.2) is 27.9 Å². The Morgan fingerprint density at radius 3 is 2.50 bits per heavy atom. The SMILES string of the molecule is CNC(CC(C)COC)c1ccc(OC)cc1C. The lowest BCUT2D eigenvalue weighted by Crippen LogP contribution is -2.21. The number of hydrogen-bond acceptors (Lipinski definition) is 3. The minimum atomic E-state index is 0.362. The second-order valence-corrected chi connectivity index (χ2v) is 4.86. The number of hydrogen-bond donors (Lipinski definition) is 1. The van der Waals surface area contributed by atoms with E-state index in [4.69, 9.17) is 9.47 Å². The highest BCUT2D eigenvalue weighted by Crippen LogP contribution is 2.26. The lowest BCUT2D eigenvalue weighted by atomic mass is 9.93. The summed E-state index contributed by atoms with van der Waals surface area (Å²) in [6, 6.07) is 6.62. The molecular formula is C15H25NO2. The largest absolute Gasteiger partial charge is 0.497 e. The topological polar surface area (TPSA) is 30.5 Å². The van der Waals surface area contributed by atoms with E-state index in [-0.39, 0.29) is 0 Å². The lowest BCUT2D eigenvalue weighted by molar-refractivity contribution is 0.150. The zero-order valence-electron chi connectivity index (χ0n) is 12.1. The summed E-state index contributed by atoms with van der Waals surface area (Å²) >= 11 is 0. The molecule has 0 saturated heterocycles. The summed E-state index contributed by atoms with van der Waals surface area (Å²) in [7, 11) is 5.46. The van der Waals surface area contributed by atoms with Crippen LogP contribution in [0.5, 0.6) is 5.75 Å². The Morgan fingerprint density at radius 2 is 2.00 bits per heavy atom. The fourth-order valence-electron chi connectivity index (χ4n) is 2.32. The zero-order chi connectivity index (χ0) is 13.5. The van der Waals surface area contributed by atoms with Crippen molar-refractivity contribution in [1.82, 2.24) is 5.32 Å². The standard InChI is InChI=1S/C15H25NO2/c1-11(10-17-4)8-15(16-3)14-7-6-13(18-5)9-12(14)2/h6-7,9,11,15-16H,8,10H2,1-5H3. The molecule has 0 aliphatic carbocycles. The Bertz CT molecular complexity index is 366. The zero-order valence-corrected chi connectivity index (χ0v) is 12.1. The Balaban J connectivity index is 2.81. The van der Waals surface area contributed by atoms with Crippen molar-refractivity contribution in [2.75, 3.05) is 27.9 Å². The van der Waals surface area contributed by atoms with E-state index in [1.54, 1.807) is 14.2 Å². The van der Waals surface area contributed by atoms with Gasteiger partial charge in [0.2, 0.25) is 0 Å². The quantitative estimate of drug-likeness (QED) is 0.808. The van der Waals surface area contributed by atoms with E-state index in [0.29, 0.717) is 12.0 Å². The minimum Gasteiger partial charge on any atom is -0.497 e. The molecule has 0 aliphatic heterocycles. The second kappa shape index (κ2) is 7.39. The van der Waals surface area contributed by atoms with Gasteiger partial charge in [0.15, 0.2) is 0 Å². The lowest BCUT2D eigenvalue weighted by Gasteiger charge is -2.22. The van der Waals surface area contributed by atoms with Crippen LogP contribution in [0, 0.1) is 12.8 Å². The fraction of sp³-hybridized carbons (Fsp3) is 0.600. The van der Waals surface area contributed by atoms with Crippen LogP contribution in [0.25, 0.3) is 0 Å². The third-order valence-corrected chi connectivity index (χ3v) is 3.29. The molecule has 1 N–H and O–H groups in total. The van der Waals surface area contributed by atoms with Gasteiger partial charge in [-0.25, -0.2) is 0 Å². The van der Waals surface area contributed by atoms with Gasteiger partial charge in [0.25, 0.3) is 0 Å². The second-order valence-electron chi connectivity index (χ2n) is 4.86. The van der Waals surface area contributed by atoms with E-state index in [1.165, 1.54) is 11.1 Å². The van der Waals surface area contributed by atoms with Gasteiger partial charge in [-0.1, -0.05) is 13.0 Å². The van der Waals surface area contributed by atoms with Crippen LogP contribution < -0.4 is 10.1 Å². The molecule has 102 valence electrons. The summed E-state index contributed by atoms with van der Waals surface area (Å²) in [4.78, 5) is 0. The number of benzene rings is 1. The predicted molar refractivity (Wildman–Crippen MR) is 75.2 cm³/mol. The summed E-state index contributed by atoms with van der Waals surface area (Å²) in [5.74, 6) is 1.45. The van der Waals surface area contributed by atoms with Crippen LogP contribution in [0.1, 0.15) is 30.5 Å². The molecule has 0 bridgehead atoms. The van der Waals surface area contributed by atoms with Crippen molar-refractivity contribution >= 4 is 0 Å². The van der Waals surface area contributed by atoms with Gasteiger partial charge >= 0.3 is 0 Å². The number of nitrogens with one attached hydrogen (secondary N) is 1. The summed E-state index contributed by atoms with van der Waals surface area (Å²) in [5, 5.41) is 3.39. The normalized spacial score (nSPS) is 14.3. The van der Waals surface area contributed by atoms with Gasteiger partial charge in [-0.2, -0.15) is 0 Å². The van der Waals surface area contributed by atoms with Gasteiger partial charge < -0.3 is 14.8 Å². The van der Waals surface area contributed by atoms with Crippen molar-refractivity contribution in [3.05, 3.63) is 29.3 Å². The molecule has 0 amide bonds. The van der Waals surface area contributed by atoms with Gasteiger partial charge in [-0.3, -0.25) is 0 Å².